The van der Waals surface area contributed by atoms with Crippen molar-refractivity contribution in [1.82, 2.24) is 18.6 Å². The maximum Gasteiger partial charge on any atom is 0.417 e. The molecule has 0 saturated carbocycles. The molecule has 128 valence electrons. The van der Waals surface area contributed by atoms with Crippen molar-refractivity contribution in [2.75, 3.05) is 31.1 Å². The third-order valence-corrected chi connectivity index (χ3v) is 4.24. The minimum absolute atomic E-state index is 0.175. The van der Waals surface area contributed by atoms with E-state index in [0.29, 0.717) is 44.1 Å². The molecule has 2 aromatic rings. The minimum Gasteiger partial charge on any atom is -0.355 e. The summed E-state index contributed by atoms with van der Waals surface area (Å²) in [6.45, 7) is 2.14. The lowest BCUT2D eigenvalue weighted by atomic mass is 10.2. The molecule has 24 heavy (non-hydrogen) atoms. The van der Waals surface area contributed by atoms with Crippen LogP contribution >= 0.6 is 11.7 Å². The Morgan fingerprint density at radius 3 is 2.58 bits per heavy atom. The molecule has 0 bridgehead atoms. The summed E-state index contributed by atoms with van der Waals surface area (Å²) >= 11 is 0.978. The van der Waals surface area contributed by atoms with Gasteiger partial charge >= 0.3 is 6.18 Å². The lowest BCUT2D eigenvalue weighted by Crippen LogP contribution is -2.35. The van der Waals surface area contributed by atoms with Crippen molar-refractivity contribution in [2.45, 2.75) is 12.6 Å². The van der Waals surface area contributed by atoms with Crippen molar-refractivity contribution in [3.63, 3.8) is 0 Å². The van der Waals surface area contributed by atoms with Crippen LogP contribution in [0.1, 0.15) is 22.5 Å². The lowest BCUT2D eigenvalue weighted by molar-refractivity contribution is -0.137. The number of aromatic nitrogens is 3. The van der Waals surface area contributed by atoms with E-state index in [1.165, 1.54) is 12.3 Å². The summed E-state index contributed by atoms with van der Waals surface area (Å²) in [5.74, 6) is 0.304. The van der Waals surface area contributed by atoms with Gasteiger partial charge in [0.1, 0.15) is 5.82 Å². The normalized spacial score (nSPS) is 16.1. The van der Waals surface area contributed by atoms with E-state index in [9.17, 15) is 18.0 Å². The van der Waals surface area contributed by atoms with Crippen LogP contribution in [0.4, 0.5) is 19.0 Å². The highest BCUT2D eigenvalue weighted by Crippen LogP contribution is 2.29. The Hall–Kier alpha value is -2.23. The Labute approximate surface area is 140 Å². The van der Waals surface area contributed by atoms with Gasteiger partial charge in [-0.15, -0.1) is 0 Å². The van der Waals surface area contributed by atoms with Gasteiger partial charge in [0.25, 0.3) is 5.91 Å². The number of alkyl halides is 3. The van der Waals surface area contributed by atoms with Crippen molar-refractivity contribution >= 4 is 23.5 Å². The van der Waals surface area contributed by atoms with Crippen molar-refractivity contribution in [3.8, 4) is 0 Å². The molecule has 0 N–H and O–H groups in total. The van der Waals surface area contributed by atoms with Gasteiger partial charge in [0.2, 0.25) is 0 Å². The van der Waals surface area contributed by atoms with Crippen LogP contribution in [0.5, 0.6) is 0 Å². The molecule has 0 atom stereocenters. The summed E-state index contributed by atoms with van der Waals surface area (Å²) in [5, 5.41) is 0. The first kappa shape index (κ1) is 16.6. The van der Waals surface area contributed by atoms with Crippen molar-refractivity contribution in [3.05, 3.63) is 35.8 Å². The zero-order valence-corrected chi connectivity index (χ0v) is 13.3. The third kappa shape index (κ3) is 3.64. The molecule has 1 aliphatic rings. The number of halogens is 3. The number of nitrogens with zero attached hydrogens (tertiary/aromatic N) is 5. The second kappa shape index (κ2) is 6.71. The first-order chi connectivity index (χ1) is 11.4. The summed E-state index contributed by atoms with van der Waals surface area (Å²) in [7, 11) is 0. The maximum absolute atomic E-state index is 12.6. The standard InChI is InChI=1S/C14H14F3N5OS/c15-14(16,17)10-2-3-12(18-8-10)21-4-1-5-22(7-6-21)13(23)11-9-19-24-20-11/h2-3,8-9H,1,4-7H2. The van der Waals surface area contributed by atoms with Gasteiger partial charge in [-0.3, -0.25) is 4.79 Å². The Morgan fingerprint density at radius 2 is 1.96 bits per heavy atom. The molecular formula is C14H14F3N5OS. The highest BCUT2D eigenvalue weighted by atomic mass is 32.1. The Balaban J connectivity index is 1.66. The van der Waals surface area contributed by atoms with E-state index in [4.69, 9.17) is 0 Å². The van der Waals surface area contributed by atoms with Crippen molar-refractivity contribution in [1.29, 1.82) is 0 Å². The predicted molar refractivity (Wildman–Crippen MR) is 81.9 cm³/mol. The Kier molecular flexibility index (Phi) is 4.65. The van der Waals surface area contributed by atoms with Gasteiger partial charge < -0.3 is 9.80 Å². The number of amides is 1. The van der Waals surface area contributed by atoms with E-state index < -0.39 is 11.7 Å². The molecule has 10 heteroatoms. The molecule has 3 rings (SSSR count). The fraction of sp³-hybridized carbons (Fsp3) is 0.429. The van der Waals surface area contributed by atoms with Crippen LogP contribution in [0.2, 0.25) is 0 Å². The first-order valence-electron chi connectivity index (χ1n) is 7.30. The number of carbonyl (C=O) groups excluding carboxylic acids is 1. The molecule has 2 aromatic heterocycles. The quantitative estimate of drug-likeness (QED) is 0.825. The molecule has 0 aliphatic carbocycles. The molecule has 1 amide bonds. The van der Waals surface area contributed by atoms with Gasteiger partial charge in [-0.25, -0.2) is 4.98 Å². The van der Waals surface area contributed by atoms with E-state index in [0.717, 1.165) is 24.0 Å². The average molecular weight is 357 g/mol. The monoisotopic (exact) mass is 357 g/mol. The van der Waals surface area contributed by atoms with E-state index >= 15 is 0 Å². The van der Waals surface area contributed by atoms with Crippen LogP contribution in [0, 0.1) is 0 Å². The van der Waals surface area contributed by atoms with E-state index in [-0.39, 0.29) is 5.91 Å². The largest absolute Gasteiger partial charge is 0.417 e. The van der Waals surface area contributed by atoms with Crippen LogP contribution in [0.3, 0.4) is 0 Å². The molecule has 0 aromatic carbocycles. The van der Waals surface area contributed by atoms with E-state index in [2.05, 4.69) is 13.7 Å². The van der Waals surface area contributed by atoms with Crippen molar-refractivity contribution in [2.24, 2.45) is 0 Å². The minimum atomic E-state index is -4.39. The van der Waals surface area contributed by atoms with Gasteiger partial charge in [0.05, 0.1) is 23.5 Å². The fourth-order valence-electron chi connectivity index (χ4n) is 2.51. The maximum atomic E-state index is 12.6. The molecule has 6 nitrogen and oxygen atoms in total. The Bertz CT molecular complexity index is 689. The second-order valence-corrected chi connectivity index (χ2v) is 5.89. The molecule has 0 unspecified atom stereocenters. The zero-order valence-electron chi connectivity index (χ0n) is 12.5. The van der Waals surface area contributed by atoms with Crippen LogP contribution < -0.4 is 4.90 Å². The molecule has 3 heterocycles. The zero-order chi connectivity index (χ0) is 17.2. The number of anilines is 1. The topological polar surface area (TPSA) is 62.2 Å². The van der Waals surface area contributed by atoms with Crippen molar-refractivity contribution < 1.29 is 18.0 Å². The average Bonchev–Trinajstić information content (AvgIpc) is 2.98. The number of pyridine rings is 1. The highest BCUT2D eigenvalue weighted by molar-refractivity contribution is 6.99. The summed E-state index contributed by atoms with van der Waals surface area (Å²) < 4.78 is 45.5. The van der Waals surface area contributed by atoms with Crippen LogP contribution in [0.25, 0.3) is 0 Å². The lowest BCUT2D eigenvalue weighted by Gasteiger charge is -2.22. The molecule has 1 saturated heterocycles. The summed E-state index contributed by atoms with van der Waals surface area (Å²) in [6.07, 6.45) is -1.42. The summed E-state index contributed by atoms with van der Waals surface area (Å²) in [4.78, 5) is 19.8. The smallest absolute Gasteiger partial charge is 0.355 e. The summed E-state index contributed by atoms with van der Waals surface area (Å²) in [6, 6.07) is 2.39. The first-order valence-corrected chi connectivity index (χ1v) is 8.03. The molecular weight excluding hydrogens is 343 g/mol. The van der Waals surface area contributed by atoms with E-state index in [1.807, 2.05) is 4.90 Å². The van der Waals surface area contributed by atoms with Gasteiger partial charge in [-0.1, -0.05) is 0 Å². The SMILES string of the molecule is O=C(c1cnsn1)N1CCCN(c2ccc(C(F)(F)F)cn2)CC1. The highest BCUT2D eigenvalue weighted by Gasteiger charge is 2.31. The number of rotatable bonds is 2. The van der Waals surface area contributed by atoms with Gasteiger partial charge in [-0.2, -0.15) is 21.9 Å². The number of carbonyl (C=O) groups is 1. The van der Waals surface area contributed by atoms with Gasteiger partial charge in [-0.05, 0) is 18.6 Å². The molecule has 0 spiro atoms. The van der Waals surface area contributed by atoms with E-state index in [1.54, 1.807) is 4.90 Å². The van der Waals surface area contributed by atoms with Crippen LogP contribution in [-0.4, -0.2) is 50.7 Å². The Morgan fingerprint density at radius 1 is 1.12 bits per heavy atom. The fourth-order valence-corrected chi connectivity index (χ4v) is 2.92. The molecule has 1 fully saturated rings. The van der Waals surface area contributed by atoms with Gasteiger partial charge in [0, 0.05) is 32.4 Å². The second-order valence-electron chi connectivity index (χ2n) is 5.33. The van der Waals surface area contributed by atoms with Gasteiger partial charge in [0.15, 0.2) is 5.69 Å². The predicted octanol–water partition coefficient (Wildman–Crippen LogP) is 2.30. The van der Waals surface area contributed by atoms with Crippen LogP contribution in [0.15, 0.2) is 24.5 Å². The molecule has 0 radical (unpaired) electrons. The third-order valence-electron chi connectivity index (χ3n) is 3.76. The van der Waals surface area contributed by atoms with Crippen LogP contribution in [-0.2, 0) is 6.18 Å². The number of hydrogen-bond acceptors (Lipinski definition) is 6. The number of hydrogen-bond donors (Lipinski definition) is 0. The molecule has 1 aliphatic heterocycles. The summed E-state index contributed by atoms with van der Waals surface area (Å²) in [5.41, 5.74) is -0.449.